The predicted octanol–water partition coefficient (Wildman–Crippen LogP) is 1.68. The highest BCUT2D eigenvalue weighted by molar-refractivity contribution is 7.92. The minimum Gasteiger partial charge on any atom is -0.345 e. The first-order valence-electron chi connectivity index (χ1n) is 13.9. The number of hydrogen-bond donors (Lipinski definition) is 3. The van der Waals surface area contributed by atoms with E-state index in [1.807, 2.05) is 13.8 Å². The van der Waals surface area contributed by atoms with Crippen molar-refractivity contribution in [3.63, 3.8) is 0 Å². The first kappa shape index (κ1) is 34.2. The van der Waals surface area contributed by atoms with Crippen LogP contribution in [0.2, 0.25) is 0 Å². The van der Waals surface area contributed by atoms with Crippen molar-refractivity contribution in [2.75, 3.05) is 35.6 Å². The number of benzene rings is 2. The first-order chi connectivity index (χ1) is 20.8. The maximum Gasteiger partial charge on any atom is 0.286 e. The fraction of sp³-hybridized carbons (Fsp3) is 0.429. The number of ketones is 2. The standard InChI is InChI=1S/C28H35N5O9S3/c1-17(2)12-13-28(32-44(39,40)15-14-33(4)18(3)34)21-9-7-6-8-20(21)25(35)24(26(28)36)27-29-22-11-10-19(30-43(5,37)38)16-23(22)45(41,42)31-27/h6-11,16-17,24,30,32H,12-15H2,1-5H3,(H,29,31). The summed E-state index contributed by atoms with van der Waals surface area (Å²) < 4.78 is 85.6. The molecule has 4 rings (SSSR count). The maximum atomic E-state index is 14.6. The molecule has 2 aromatic carbocycles. The number of amides is 1. The fourth-order valence-electron chi connectivity index (χ4n) is 5.20. The van der Waals surface area contributed by atoms with Crippen LogP contribution in [0.3, 0.4) is 0 Å². The zero-order valence-electron chi connectivity index (χ0n) is 25.3. The van der Waals surface area contributed by atoms with Gasteiger partial charge in [0.1, 0.15) is 22.2 Å². The Kier molecular flexibility index (Phi) is 9.32. The van der Waals surface area contributed by atoms with Gasteiger partial charge in [-0.15, -0.1) is 4.40 Å². The number of rotatable bonds is 11. The predicted molar refractivity (Wildman–Crippen MR) is 168 cm³/mol. The maximum absolute atomic E-state index is 14.6. The molecule has 2 aromatic rings. The molecule has 17 heteroatoms. The van der Waals surface area contributed by atoms with Crippen molar-refractivity contribution in [2.24, 2.45) is 16.2 Å². The number of carbonyl (C=O) groups excluding carboxylic acids is 3. The van der Waals surface area contributed by atoms with E-state index in [0.29, 0.717) is 6.42 Å². The molecule has 3 N–H and O–H groups in total. The molecule has 0 bridgehead atoms. The second kappa shape index (κ2) is 12.3. The van der Waals surface area contributed by atoms with Gasteiger partial charge in [0.2, 0.25) is 26.0 Å². The summed E-state index contributed by atoms with van der Waals surface area (Å²) in [5.41, 5.74) is -1.91. The summed E-state index contributed by atoms with van der Waals surface area (Å²) in [6.07, 6.45) is 1.20. The highest BCUT2D eigenvalue weighted by Crippen LogP contribution is 2.42. The summed E-state index contributed by atoms with van der Waals surface area (Å²) >= 11 is 0. The number of nitrogens with one attached hydrogen (secondary N) is 3. The lowest BCUT2D eigenvalue weighted by Crippen LogP contribution is -2.61. The van der Waals surface area contributed by atoms with E-state index in [0.717, 1.165) is 12.3 Å². The average Bonchev–Trinajstić information content (AvgIpc) is 2.92. The summed E-state index contributed by atoms with van der Waals surface area (Å²) in [4.78, 5) is 41.0. The first-order valence-corrected chi connectivity index (χ1v) is 18.9. The Morgan fingerprint density at radius 1 is 1.11 bits per heavy atom. The molecule has 45 heavy (non-hydrogen) atoms. The van der Waals surface area contributed by atoms with Crippen LogP contribution in [-0.4, -0.2) is 79.1 Å². The van der Waals surface area contributed by atoms with E-state index in [-0.39, 0.29) is 47.3 Å². The van der Waals surface area contributed by atoms with Crippen LogP contribution in [0.4, 0.5) is 11.4 Å². The molecule has 1 heterocycles. The summed E-state index contributed by atoms with van der Waals surface area (Å²) in [5.74, 6) is -4.90. The number of carbonyl (C=O) groups is 3. The molecule has 1 aliphatic heterocycles. The minimum atomic E-state index is -4.56. The molecule has 0 saturated heterocycles. The van der Waals surface area contributed by atoms with Gasteiger partial charge in [0.25, 0.3) is 10.0 Å². The Labute approximate surface area is 262 Å². The van der Waals surface area contributed by atoms with Crippen molar-refractivity contribution < 1.29 is 39.6 Å². The molecule has 1 amide bonds. The van der Waals surface area contributed by atoms with Gasteiger partial charge in [-0.05, 0) is 42.5 Å². The lowest BCUT2D eigenvalue weighted by molar-refractivity contribution is -0.128. The molecular formula is C28H35N5O9S3. The van der Waals surface area contributed by atoms with Crippen molar-refractivity contribution in [3.05, 3.63) is 53.6 Å². The van der Waals surface area contributed by atoms with Gasteiger partial charge in [-0.3, -0.25) is 19.1 Å². The van der Waals surface area contributed by atoms with Gasteiger partial charge < -0.3 is 10.2 Å². The Morgan fingerprint density at radius 2 is 1.78 bits per heavy atom. The number of anilines is 2. The van der Waals surface area contributed by atoms with Gasteiger partial charge >= 0.3 is 0 Å². The number of amidine groups is 1. The molecule has 0 aromatic heterocycles. The Balaban J connectivity index is 1.84. The fourth-order valence-corrected chi connectivity index (χ4v) is 8.40. The van der Waals surface area contributed by atoms with Crippen molar-refractivity contribution in [1.82, 2.24) is 9.62 Å². The van der Waals surface area contributed by atoms with Crippen LogP contribution in [0.5, 0.6) is 0 Å². The number of Topliss-reactive ketones (excluding diaryl/α,β-unsaturated/α-hetero) is 2. The molecule has 0 fully saturated rings. The Bertz CT molecular complexity index is 1920. The van der Waals surface area contributed by atoms with Gasteiger partial charge in [-0.1, -0.05) is 38.1 Å². The van der Waals surface area contributed by atoms with Gasteiger partial charge in [0.05, 0.1) is 17.7 Å². The summed E-state index contributed by atoms with van der Waals surface area (Å²) in [7, 11) is -11.1. The van der Waals surface area contributed by atoms with Crippen LogP contribution in [-0.2, 0) is 45.2 Å². The van der Waals surface area contributed by atoms with Crippen molar-refractivity contribution in [2.45, 2.75) is 44.0 Å². The number of hydrogen-bond acceptors (Lipinski definition) is 10. The summed E-state index contributed by atoms with van der Waals surface area (Å²) in [6, 6.07) is 9.66. The topological polar surface area (TPSA) is 205 Å². The summed E-state index contributed by atoms with van der Waals surface area (Å²) in [5, 5.41) is 2.75. The average molecular weight is 682 g/mol. The largest absolute Gasteiger partial charge is 0.345 e. The third kappa shape index (κ3) is 7.26. The molecule has 1 aliphatic carbocycles. The molecule has 0 saturated carbocycles. The van der Waals surface area contributed by atoms with Gasteiger partial charge in [0.15, 0.2) is 11.6 Å². The second-order valence-electron chi connectivity index (χ2n) is 11.6. The van der Waals surface area contributed by atoms with Crippen molar-refractivity contribution in [3.8, 4) is 0 Å². The zero-order valence-corrected chi connectivity index (χ0v) is 27.8. The van der Waals surface area contributed by atoms with Crippen molar-refractivity contribution in [1.29, 1.82) is 0 Å². The highest BCUT2D eigenvalue weighted by atomic mass is 32.2. The summed E-state index contributed by atoms with van der Waals surface area (Å²) in [6.45, 7) is 4.89. The van der Waals surface area contributed by atoms with Crippen LogP contribution < -0.4 is 14.8 Å². The molecule has 2 unspecified atom stereocenters. The van der Waals surface area contributed by atoms with Crippen LogP contribution in [0, 0.1) is 11.8 Å². The van der Waals surface area contributed by atoms with Crippen LogP contribution >= 0.6 is 0 Å². The van der Waals surface area contributed by atoms with E-state index < -0.39 is 69.6 Å². The molecule has 14 nitrogen and oxygen atoms in total. The van der Waals surface area contributed by atoms with Gasteiger partial charge in [-0.2, -0.15) is 13.1 Å². The van der Waals surface area contributed by atoms with E-state index in [2.05, 4.69) is 19.2 Å². The smallest absolute Gasteiger partial charge is 0.286 e. The Hall–Kier alpha value is -3.67. The highest BCUT2D eigenvalue weighted by Gasteiger charge is 2.55. The van der Waals surface area contributed by atoms with E-state index in [4.69, 9.17) is 0 Å². The quantitative estimate of drug-likeness (QED) is 0.293. The second-order valence-corrected chi connectivity index (χ2v) is 16.7. The molecule has 2 atom stereocenters. The third-order valence-electron chi connectivity index (χ3n) is 7.57. The van der Waals surface area contributed by atoms with Crippen LogP contribution in [0.25, 0.3) is 0 Å². The number of fused-ring (bicyclic) bond motifs is 2. The monoisotopic (exact) mass is 681 g/mol. The number of sulfonamides is 3. The van der Waals surface area contributed by atoms with Crippen molar-refractivity contribution >= 4 is 64.8 Å². The lowest BCUT2D eigenvalue weighted by Gasteiger charge is -2.41. The SMILES string of the molecule is CC(=O)N(C)CCS(=O)(=O)NC1(CCC(C)C)C(=O)C(C2=NS(=O)(=O)c3cc(NS(C)(=O)=O)ccc3N2)C(=O)c2ccccc21. The molecular weight excluding hydrogens is 647 g/mol. The molecule has 0 radical (unpaired) electrons. The zero-order chi connectivity index (χ0) is 33.5. The van der Waals surface area contributed by atoms with Gasteiger partial charge in [-0.25, -0.2) is 16.8 Å². The van der Waals surface area contributed by atoms with Crippen LogP contribution in [0.1, 0.15) is 49.5 Å². The van der Waals surface area contributed by atoms with Gasteiger partial charge in [0, 0.05) is 31.8 Å². The Morgan fingerprint density at radius 3 is 2.40 bits per heavy atom. The molecule has 244 valence electrons. The van der Waals surface area contributed by atoms with Crippen LogP contribution in [0.15, 0.2) is 51.8 Å². The van der Waals surface area contributed by atoms with E-state index in [1.54, 1.807) is 12.1 Å². The van der Waals surface area contributed by atoms with E-state index in [1.165, 1.54) is 43.1 Å². The molecule has 0 spiro atoms. The normalized spacial score (nSPS) is 20.9. The number of nitrogens with zero attached hydrogens (tertiary/aromatic N) is 2. The lowest BCUT2D eigenvalue weighted by atomic mass is 9.67. The third-order valence-corrected chi connectivity index (χ3v) is 10.9. The minimum absolute atomic E-state index is 0.0124. The van der Waals surface area contributed by atoms with E-state index >= 15 is 0 Å². The molecule has 2 aliphatic rings. The van der Waals surface area contributed by atoms with E-state index in [9.17, 15) is 39.6 Å².